The molecule has 162 valence electrons. The number of nitrogens with zero attached hydrogens (tertiary/aromatic N) is 6. The number of aryl methyl sites for hydroxylation is 2. The van der Waals surface area contributed by atoms with Crippen LogP contribution in [0.15, 0.2) is 63.0 Å². The Morgan fingerprint density at radius 3 is 2.72 bits per heavy atom. The molecule has 0 spiro atoms. The molecule has 0 saturated carbocycles. The van der Waals surface area contributed by atoms with Gasteiger partial charge in [-0.2, -0.15) is 4.98 Å². The summed E-state index contributed by atoms with van der Waals surface area (Å²) in [6.07, 6.45) is 2.93. The van der Waals surface area contributed by atoms with Crippen LogP contribution in [0.5, 0.6) is 0 Å². The number of benzene rings is 2. The Labute approximate surface area is 188 Å². The number of fused-ring (bicyclic) bond motifs is 3. The van der Waals surface area contributed by atoms with Gasteiger partial charge in [0.25, 0.3) is 5.56 Å². The van der Waals surface area contributed by atoms with Crippen molar-refractivity contribution in [3.8, 4) is 5.69 Å². The predicted molar refractivity (Wildman–Crippen MR) is 123 cm³/mol. The van der Waals surface area contributed by atoms with Gasteiger partial charge in [0.15, 0.2) is 11.0 Å². The minimum Gasteiger partial charge on any atom is -0.338 e. The first-order valence-electron chi connectivity index (χ1n) is 10.6. The Morgan fingerprint density at radius 1 is 1.06 bits per heavy atom. The minimum atomic E-state index is -0.121. The van der Waals surface area contributed by atoms with Gasteiger partial charge in [0.2, 0.25) is 11.7 Å². The lowest BCUT2D eigenvalue weighted by Gasteiger charge is -2.13. The average Bonchev–Trinajstić information content (AvgIpc) is 3.44. The molecule has 0 fully saturated rings. The van der Waals surface area contributed by atoms with Crippen LogP contribution in [0.1, 0.15) is 37.0 Å². The highest BCUT2D eigenvalue weighted by molar-refractivity contribution is 7.98. The maximum atomic E-state index is 13.4. The molecule has 0 unspecified atom stereocenters. The highest BCUT2D eigenvalue weighted by atomic mass is 32.2. The van der Waals surface area contributed by atoms with E-state index >= 15 is 0 Å². The molecule has 9 heteroatoms. The third-order valence-electron chi connectivity index (χ3n) is 5.34. The zero-order valence-corrected chi connectivity index (χ0v) is 18.7. The molecule has 0 aliphatic rings. The molecule has 0 N–H and O–H groups in total. The highest BCUT2D eigenvalue weighted by Crippen LogP contribution is 2.26. The molecule has 2 aromatic carbocycles. The van der Waals surface area contributed by atoms with Crippen molar-refractivity contribution in [3.63, 3.8) is 0 Å². The van der Waals surface area contributed by atoms with Gasteiger partial charge < -0.3 is 4.52 Å². The lowest BCUT2D eigenvalue weighted by molar-refractivity contribution is 0.384. The van der Waals surface area contributed by atoms with Crippen LogP contribution < -0.4 is 5.56 Å². The molecule has 0 bridgehead atoms. The van der Waals surface area contributed by atoms with Crippen LogP contribution in [-0.2, 0) is 12.2 Å². The molecule has 0 aliphatic heterocycles. The summed E-state index contributed by atoms with van der Waals surface area (Å²) >= 11 is 1.45. The van der Waals surface area contributed by atoms with Crippen LogP contribution in [0.2, 0.25) is 0 Å². The zero-order valence-electron chi connectivity index (χ0n) is 17.9. The predicted octanol–water partition coefficient (Wildman–Crippen LogP) is 4.36. The van der Waals surface area contributed by atoms with Crippen molar-refractivity contribution in [2.45, 2.75) is 44.0 Å². The number of rotatable bonds is 7. The largest absolute Gasteiger partial charge is 0.338 e. The van der Waals surface area contributed by atoms with Gasteiger partial charge in [-0.25, -0.2) is 4.57 Å². The summed E-state index contributed by atoms with van der Waals surface area (Å²) in [5, 5.41) is 14.1. The highest BCUT2D eigenvalue weighted by Gasteiger charge is 2.19. The first-order valence-corrected chi connectivity index (χ1v) is 11.5. The molecule has 0 saturated heterocycles. The van der Waals surface area contributed by atoms with Crippen molar-refractivity contribution < 1.29 is 4.52 Å². The fraction of sp³-hybridized carbons (Fsp3) is 0.261. The molecule has 3 aromatic heterocycles. The molecule has 0 radical (unpaired) electrons. The summed E-state index contributed by atoms with van der Waals surface area (Å²) in [5.41, 5.74) is 2.41. The molecule has 0 amide bonds. The first-order chi connectivity index (χ1) is 15.7. The maximum Gasteiger partial charge on any atom is 0.267 e. The molecule has 0 atom stereocenters. The second-order valence-electron chi connectivity index (χ2n) is 7.56. The number of hydrogen-bond donors (Lipinski definition) is 0. The SMILES string of the molecule is CCCCc1noc(CSc2nnc3n(-c4ccccc4C)c(=O)c4ccccc4n23)n1. The monoisotopic (exact) mass is 446 g/mol. The van der Waals surface area contributed by atoms with Gasteiger partial charge in [-0.1, -0.05) is 60.6 Å². The quantitative estimate of drug-likeness (QED) is 0.343. The Kier molecular flexibility index (Phi) is 5.48. The molecule has 5 rings (SSSR count). The van der Waals surface area contributed by atoms with Gasteiger partial charge in [-0.05, 0) is 37.1 Å². The minimum absolute atomic E-state index is 0.121. The lowest BCUT2D eigenvalue weighted by Crippen LogP contribution is -2.22. The van der Waals surface area contributed by atoms with Gasteiger partial charge >= 0.3 is 0 Å². The van der Waals surface area contributed by atoms with E-state index in [2.05, 4.69) is 27.3 Å². The molecule has 8 nitrogen and oxygen atoms in total. The summed E-state index contributed by atoms with van der Waals surface area (Å²) in [6, 6.07) is 15.3. The Morgan fingerprint density at radius 2 is 1.88 bits per heavy atom. The normalized spacial score (nSPS) is 11.6. The smallest absolute Gasteiger partial charge is 0.267 e. The molecule has 5 aromatic rings. The van der Waals surface area contributed by atoms with Crippen LogP contribution in [-0.4, -0.2) is 29.3 Å². The van der Waals surface area contributed by atoms with E-state index in [9.17, 15) is 4.79 Å². The van der Waals surface area contributed by atoms with Gasteiger partial charge in [0, 0.05) is 6.42 Å². The lowest BCUT2D eigenvalue weighted by atomic mass is 10.2. The number of para-hydroxylation sites is 2. The summed E-state index contributed by atoms with van der Waals surface area (Å²) in [4.78, 5) is 17.9. The second kappa shape index (κ2) is 8.58. The number of unbranched alkanes of at least 4 members (excludes halogenated alkanes) is 1. The summed E-state index contributed by atoms with van der Waals surface area (Å²) < 4.78 is 8.94. The van der Waals surface area contributed by atoms with Crippen molar-refractivity contribution in [1.82, 2.24) is 29.3 Å². The van der Waals surface area contributed by atoms with Crippen molar-refractivity contribution in [2.24, 2.45) is 0 Å². The van der Waals surface area contributed by atoms with Crippen LogP contribution in [0.4, 0.5) is 0 Å². The standard InChI is InChI=1S/C23H22N6O2S/c1-3-4-13-19-24-20(31-27-19)14-32-23-26-25-22-28(17-11-7-5-9-15(17)2)21(30)16-10-6-8-12-18(16)29(22)23/h5-12H,3-4,13-14H2,1-2H3. The van der Waals surface area contributed by atoms with E-state index in [-0.39, 0.29) is 5.56 Å². The summed E-state index contributed by atoms with van der Waals surface area (Å²) in [5.74, 6) is 2.22. The number of hydrogen-bond acceptors (Lipinski definition) is 7. The molecule has 3 heterocycles. The maximum absolute atomic E-state index is 13.4. The van der Waals surface area contributed by atoms with Crippen molar-refractivity contribution >= 4 is 28.4 Å². The van der Waals surface area contributed by atoms with Crippen LogP contribution in [0, 0.1) is 6.92 Å². The van der Waals surface area contributed by atoms with Crippen LogP contribution in [0.25, 0.3) is 22.4 Å². The van der Waals surface area contributed by atoms with Crippen LogP contribution >= 0.6 is 11.8 Å². The van der Waals surface area contributed by atoms with Crippen molar-refractivity contribution in [2.75, 3.05) is 0 Å². The van der Waals surface area contributed by atoms with Gasteiger partial charge in [0.1, 0.15) is 0 Å². The topological polar surface area (TPSA) is 91.1 Å². The average molecular weight is 447 g/mol. The molecule has 32 heavy (non-hydrogen) atoms. The Hall–Kier alpha value is -3.46. The third-order valence-corrected chi connectivity index (χ3v) is 6.25. The van der Waals surface area contributed by atoms with E-state index in [1.54, 1.807) is 4.57 Å². The summed E-state index contributed by atoms with van der Waals surface area (Å²) in [7, 11) is 0. The van der Waals surface area contributed by atoms with E-state index in [1.165, 1.54) is 11.8 Å². The van der Waals surface area contributed by atoms with Gasteiger partial charge in [0.05, 0.1) is 22.3 Å². The van der Waals surface area contributed by atoms with Crippen LogP contribution in [0.3, 0.4) is 0 Å². The van der Waals surface area contributed by atoms with E-state index in [0.29, 0.717) is 28.0 Å². The Balaban J connectivity index is 1.60. The second-order valence-corrected chi connectivity index (χ2v) is 8.50. The number of aromatic nitrogens is 6. The molecule has 0 aliphatic carbocycles. The number of thioether (sulfide) groups is 1. The Bertz CT molecular complexity index is 1470. The van der Waals surface area contributed by atoms with E-state index in [4.69, 9.17) is 4.52 Å². The summed E-state index contributed by atoms with van der Waals surface area (Å²) in [6.45, 7) is 4.11. The van der Waals surface area contributed by atoms with E-state index in [1.807, 2.05) is 59.9 Å². The van der Waals surface area contributed by atoms with E-state index in [0.717, 1.165) is 41.9 Å². The fourth-order valence-corrected chi connectivity index (χ4v) is 4.49. The van der Waals surface area contributed by atoms with Gasteiger partial charge in [-0.3, -0.25) is 9.20 Å². The zero-order chi connectivity index (χ0) is 22.1. The fourth-order valence-electron chi connectivity index (χ4n) is 3.72. The van der Waals surface area contributed by atoms with Crippen molar-refractivity contribution in [1.29, 1.82) is 0 Å². The third kappa shape index (κ3) is 3.58. The first kappa shape index (κ1) is 20.4. The molecular formula is C23H22N6O2S. The van der Waals surface area contributed by atoms with E-state index < -0.39 is 0 Å². The molecular weight excluding hydrogens is 424 g/mol. The van der Waals surface area contributed by atoms with Crippen molar-refractivity contribution in [3.05, 3.63) is 76.2 Å². The van der Waals surface area contributed by atoms with Gasteiger partial charge in [-0.15, -0.1) is 10.2 Å².